The standard InChI is InChI=1S/C12H11NOS2/c14-12(10-2-1-3-11(15)6-10)13-7-9-4-5-16-8-9/h1-6,8,15H,7H2,(H,13,14). The predicted octanol–water partition coefficient (Wildman–Crippen LogP) is 2.97. The van der Waals surface area contributed by atoms with Crippen molar-refractivity contribution in [3.8, 4) is 0 Å². The average molecular weight is 249 g/mol. The fourth-order valence-electron chi connectivity index (χ4n) is 1.32. The van der Waals surface area contributed by atoms with E-state index >= 15 is 0 Å². The Hall–Kier alpha value is -1.26. The first-order valence-electron chi connectivity index (χ1n) is 4.84. The van der Waals surface area contributed by atoms with Gasteiger partial charge in [-0.25, -0.2) is 0 Å². The second-order valence-electron chi connectivity index (χ2n) is 3.36. The zero-order chi connectivity index (χ0) is 11.4. The first-order chi connectivity index (χ1) is 7.75. The maximum atomic E-state index is 11.8. The Morgan fingerprint density at radius 2 is 2.25 bits per heavy atom. The fraction of sp³-hybridized carbons (Fsp3) is 0.0833. The van der Waals surface area contributed by atoms with Gasteiger partial charge in [0.05, 0.1) is 0 Å². The van der Waals surface area contributed by atoms with Crippen LogP contribution in [0.2, 0.25) is 0 Å². The van der Waals surface area contributed by atoms with Crippen molar-refractivity contribution in [3.05, 3.63) is 52.2 Å². The first kappa shape index (κ1) is 11.2. The number of carbonyl (C=O) groups excluding carboxylic acids is 1. The molecule has 0 aliphatic carbocycles. The monoisotopic (exact) mass is 249 g/mol. The van der Waals surface area contributed by atoms with Crippen molar-refractivity contribution in [1.29, 1.82) is 0 Å². The van der Waals surface area contributed by atoms with Crippen molar-refractivity contribution in [2.24, 2.45) is 0 Å². The number of carbonyl (C=O) groups is 1. The van der Waals surface area contributed by atoms with Crippen molar-refractivity contribution in [1.82, 2.24) is 5.32 Å². The van der Waals surface area contributed by atoms with Crippen molar-refractivity contribution < 1.29 is 4.79 Å². The lowest BCUT2D eigenvalue weighted by Crippen LogP contribution is -2.22. The summed E-state index contributed by atoms with van der Waals surface area (Å²) in [5.74, 6) is -0.0675. The van der Waals surface area contributed by atoms with Crippen LogP contribution in [0.5, 0.6) is 0 Å². The molecule has 0 fully saturated rings. The van der Waals surface area contributed by atoms with Crippen LogP contribution in [-0.2, 0) is 6.54 Å². The minimum absolute atomic E-state index is 0.0675. The molecule has 0 saturated carbocycles. The molecule has 82 valence electrons. The van der Waals surface area contributed by atoms with Gasteiger partial charge in [0.15, 0.2) is 0 Å². The summed E-state index contributed by atoms with van der Waals surface area (Å²) in [7, 11) is 0. The van der Waals surface area contributed by atoms with Gasteiger partial charge >= 0.3 is 0 Å². The summed E-state index contributed by atoms with van der Waals surface area (Å²) >= 11 is 5.82. The number of benzene rings is 1. The third-order valence-corrected chi connectivity index (χ3v) is 3.15. The van der Waals surface area contributed by atoms with Gasteiger partial charge in [-0.15, -0.1) is 12.6 Å². The van der Waals surface area contributed by atoms with Crippen LogP contribution in [0, 0.1) is 0 Å². The molecular formula is C12H11NOS2. The van der Waals surface area contributed by atoms with E-state index in [-0.39, 0.29) is 5.91 Å². The topological polar surface area (TPSA) is 29.1 Å². The van der Waals surface area contributed by atoms with Gasteiger partial charge in [0.1, 0.15) is 0 Å². The summed E-state index contributed by atoms with van der Waals surface area (Å²) < 4.78 is 0. The number of thiol groups is 1. The molecule has 2 nitrogen and oxygen atoms in total. The number of hydrogen-bond donors (Lipinski definition) is 2. The van der Waals surface area contributed by atoms with Crippen LogP contribution in [0.1, 0.15) is 15.9 Å². The van der Waals surface area contributed by atoms with E-state index in [1.807, 2.05) is 29.0 Å². The van der Waals surface area contributed by atoms with Crippen LogP contribution in [0.3, 0.4) is 0 Å². The highest BCUT2D eigenvalue weighted by Crippen LogP contribution is 2.09. The van der Waals surface area contributed by atoms with Gasteiger partial charge in [0.2, 0.25) is 0 Å². The Labute approximate surface area is 104 Å². The van der Waals surface area contributed by atoms with Crippen molar-refractivity contribution in [2.75, 3.05) is 0 Å². The molecule has 2 rings (SSSR count). The molecule has 0 radical (unpaired) electrons. The van der Waals surface area contributed by atoms with Crippen molar-refractivity contribution >= 4 is 29.9 Å². The van der Waals surface area contributed by atoms with Crippen LogP contribution in [0.15, 0.2) is 46.0 Å². The minimum Gasteiger partial charge on any atom is -0.348 e. The summed E-state index contributed by atoms with van der Waals surface area (Å²) in [6, 6.07) is 9.20. The number of hydrogen-bond acceptors (Lipinski definition) is 3. The number of rotatable bonds is 3. The highest BCUT2D eigenvalue weighted by Gasteiger charge is 2.04. The van der Waals surface area contributed by atoms with Crippen LogP contribution in [0.4, 0.5) is 0 Å². The molecule has 1 aromatic heterocycles. The summed E-state index contributed by atoms with van der Waals surface area (Å²) in [5, 5.41) is 6.88. The van der Waals surface area contributed by atoms with Gasteiger partial charge in [-0.3, -0.25) is 4.79 Å². The SMILES string of the molecule is O=C(NCc1ccsc1)c1cccc(S)c1. The molecule has 16 heavy (non-hydrogen) atoms. The van der Waals surface area contributed by atoms with E-state index in [1.54, 1.807) is 23.5 Å². The summed E-state index contributed by atoms with van der Waals surface area (Å²) in [4.78, 5) is 12.5. The van der Waals surface area contributed by atoms with Gasteiger partial charge in [-0.05, 0) is 40.6 Å². The van der Waals surface area contributed by atoms with Gasteiger partial charge < -0.3 is 5.32 Å². The highest BCUT2D eigenvalue weighted by molar-refractivity contribution is 7.80. The van der Waals surface area contributed by atoms with Crippen LogP contribution < -0.4 is 5.32 Å². The number of thiophene rings is 1. The van der Waals surface area contributed by atoms with Crippen molar-refractivity contribution in [3.63, 3.8) is 0 Å². The molecule has 4 heteroatoms. The average Bonchev–Trinajstić information content (AvgIpc) is 2.78. The predicted molar refractivity (Wildman–Crippen MR) is 69.2 cm³/mol. The van der Waals surface area contributed by atoms with E-state index < -0.39 is 0 Å². The molecule has 0 saturated heterocycles. The fourth-order valence-corrected chi connectivity index (χ4v) is 2.22. The van der Waals surface area contributed by atoms with Crippen molar-refractivity contribution in [2.45, 2.75) is 11.4 Å². The zero-order valence-corrected chi connectivity index (χ0v) is 10.2. The molecule has 0 bridgehead atoms. The molecule has 0 unspecified atom stereocenters. The Morgan fingerprint density at radius 1 is 1.38 bits per heavy atom. The normalized spacial score (nSPS) is 10.1. The Bertz CT molecular complexity index is 480. The van der Waals surface area contributed by atoms with E-state index in [0.717, 1.165) is 10.5 Å². The minimum atomic E-state index is -0.0675. The molecule has 1 amide bonds. The lowest BCUT2D eigenvalue weighted by Gasteiger charge is -2.04. The van der Waals surface area contributed by atoms with Gasteiger partial charge in [0, 0.05) is 17.0 Å². The van der Waals surface area contributed by atoms with Crippen LogP contribution in [-0.4, -0.2) is 5.91 Å². The van der Waals surface area contributed by atoms with Gasteiger partial charge in [0.25, 0.3) is 5.91 Å². The molecule has 1 aromatic carbocycles. The van der Waals surface area contributed by atoms with E-state index in [2.05, 4.69) is 17.9 Å². The molecule has 0 aliphatic rings. The van der Waals surface area contributed by atoms with Crippen LogP contribution in [0.25, 0.3) is 0 Å². The zero-order valence-electron chi connectivity index (χ0n) is 8.51. The van der Waals surface area contributed by atoms with Gasteiger partial charge in [-0.2, -0.15) is 11.3 Å². The third kappa shape index (κ3) is 2.87. The lowest BCUT2D eigenvalue weighted by molar-refractivity contribution is 0.0950. The largest absolute Gasteiger partial charge is 0.348 e. The number of nitrogens with one attached hydrogen (secondary N) is 1. The molecule has 2 aromatic rings. The molecule has 1 N–H and O–H groups in total. The molecule has 0 aliphatic heterocycles. The summed E-state index contributed by atoms with van der Waals surface area (Å²) in [6.07, 6.45) is 0. The highest BCUT2D eigenvalue weighted by atomic mass is 32.1. The van der Waals surface area contributed by atoms with E-state index in [0.29, 0.717) is 12.1 Å². The Kier molecular flexibility index (Phi) is 3.64. The molecule has 0 spiro atoms. The maximum Gasteiger partial charge on any atom is 0.251 e. The van der Waals surface area contributed by atoms with E-state index in [9.17, 15) is 4.79 Å². The Balaban J connectivity index is 1.98. The van der Waals surface area contributed by atoms with E-state index in [4.69, 9.17) is 0 Å². The number of amides is 1. The van der Waals surface area contributed by atoms with E-state index in [1.165, 1.54) is 0 Å². The smallest absolute Gasteiger partial charge is 0.251 e. The quantitative estimate of drug-likeness (QED) is 0.805. The molecule has 1 heterocycles. The molecule has 0 atom stereocenters. The third-order valence-electron chi connectivity index (χ3n) is 2.14. The summed E-state index contributed by atoms with van der Waals surface area (Å²) in [5.41, 5.74) is 1.77. The summed E-state index contributed by atoms with van der Waals surface area (Å²) in [6.45, 7) is 0.569. The second kappa shape index (κ2) is 5.18. The maximum absolute atomic E-state index is 11.8. The first-order valence-corrected chi connectivity index (χ1v) is 6.23. The van der Waals surface area contributed by atoms with Gasteiger partial charge in [-0.1, -0.05) is 6.07 Å². The lowest BCUT2D eigenvalue weighted by atomic mass is 10.2. The second-order valence-corrected chi connectivity index (χ2v) is 4.66. The Morgan fingerprint density at radius 3 is 2.94 bits per heavy atom. The van der Waals surface area contributed by atoms with Crippen LogP contribution >= 0.6 is 24.0 Å². The molecular weight excluding hydrogens is 238 g/mol.